The van der Waals surface area contributed by atoms with Crippen LogP contribution in [0, 0.1) is 0 Å². The maximum atomic E-state index is 12.7. The van der Waals surface area contributed by atoms with Crippen LogP contribution in [-0.2, 0) is 6.54 Å². The Hall–Kier alpha value is -2.62. The lowest BCUT2D eigenvalue weighted by atomic mass is 10.2. The Morgan fingerprint density at radius 2 is 1.65 bits per heavy atom. The highest BCUT2D eigenvalue weighted by molar-refractivity contribution is 6.00. The molecule has 2 heterocycles. The van der Waals surface area contributed by atoms with E-state index in [-0.39, 0.29) is 6.03 Å². The van der Waals surface area contributed by atoms with Gasteiger partial charge >= 0.3 is 6.03 Å². The topological polar surface area (TPSA) is 26.6 Å². The fourth-order valence-corrected chi connectivity index (χ4v) is 3.49. The maximum Gasteiger partial charge on any atom is 0.503 e. The van der Waals surface area contributed by atoms with Crippen LogP contribution in [0.4, 0.5) is 21.9 Å². The van der Waals surface area contributed by atoms with E-state index in [0.717, 1.165) is 35.7 Å². The van der Waals surface area contributed by atoms with Crippen molar-refractivity contribution in [1.29, 1.82) is 0 Å². The van der Waals surface area contributed by atoms with Crippen LogP contribution in [0.1, 0.15) is 18.4 Å². The van der Waals surface area contributed by atoms with Gasteiger partial charge in [-0.25, -0.2) is 0 Å². The van der Waals surface area contributed by atoms with Gasteiger partial charge in [-0.2, -0.15) is 14.3 Å². The van der Waals surface area contributed by atoms with E-state index in [1.54, 1.807) is 4.58 Å². The Morgan fingerprint density at radius 3 is 2.39 bits per heavy atom. The molecule has 0 aromatic heterocycles. The van der Waals surface area contributed by atoms with Crippen LogP contribution in [0.2, 0.25) is 0 Å². The summed E-state index contributed by atoms with van der Waals surface area (Å²) in [7, 11) is 0. The van der Waals surface area contributed by atoms with Crippen LogP contribution in [0.25, 0.3) is 0 Å². The molecule has 2 aromatic rings. The summed E-state index contributed by atoms with van der Waals surface area (Å²) in [6, 6.07) is 16.2. The molecule has 0 bridgehead atoms. The summed E-state index contributed by atoms with van der Waals surface area (Å²) >= 11 is 0. The van der Waals surface area contributed by atoms with Gasteiger partial charge in [0.2, 0.25) is 5.69 Å². The molecule has 0 aliphatic carbocycles. The van der Waals surface area contributed by atoms with Crippen molar-refractivity contribution in [2.45, 2.75) is 19.4 Å². The van der Waals surface area contributed by atoms with Crippen molar-refractivity contribution in [3.05, 3.63) is 54.1 Å². The third-order valence-corrected chi connectivity index (χ3v) is 4.65. The lowest BCUT2D eigenvalue weighted by molar-refractivity contribution is -0.310. The van der Waals surface area contributed by atoms with Crippen LogP contribution in [0.15, 0.2) is 48.5 Å². The largest absolute Gasteiger partial charge is 0.503 e. The summed E-state index contributed by atoms with van der Waals surface area (Å²) in [5.41, 5.74) is 4.14. The first-order valence-corrected chi connectivity index (χ1v) is 8.10. The number of hydrogen-bond acceptors (Lipinski definition) is 2. The number of carbonyl (C=O) groups excluding carboxylic acids is 1. The fourth-order valence-electron chi connectivity index (χ4n) is 3.49. The highest BCUT2D eigenvalue weighted by Crippen LogP contribution is 2.44. The third kappa shape index (κ3) is 2.31. The van der Waals surface area contributed by atoms with Crippen LogP contribution >= 0.6 is 0 Å². The van der Waals surface area contributed by atoms with Gasteiger partial charge in [0.05, 0.1) is 12.4 Å². The van der Waals surface area contributed by atoms with Gasteiger partial charge < -0.3 is 4.90 Å². The Bertz CT molecular complexity index is 763. The summed E-state index contributed by atoms with van der Waals surface area (Å²) in [6.45, 7) is 6.68. The molecule has 2 amide bonds. The molecule has 0 radical (unpaired) electrons. The Morgan fingerprint density at radius 1 is 0.957 bits per heavy atom. The molecular formula is C19H20N3O+. The first-order valence-electron chi connectivity index (χ1n) is 8.10. The summed E-state index contributed by atoms with van der Waals surface area (Å²) in [5, 5.41) is 0. The maximum absolute atomic E-state index is 12.7. The highest BCUT2D eigenvalue weighted by Gasteiger charge is 2.42. The van der Waals surface area contributed by atoms with E-state index < -0.39 is 0 Å². The number of fused-ring (bicyclic) bond motifs is 1. The van der Waals surface area contributed by atoms with Crippen molar-refractivity contribution in [3.63, 3.8) is 0 Å². The molecule has 4 rings (SSSR count). The van der Waals surface area contributed by atoms with Crippen LogP contribution in [-0.4, -0.2) is 30.4 Å². The van der Waals surface area contributed by atoms with Crippen molar-refractivity contribution in [2.24, 2.45) is 0 Å². The van der Waals surface area contributed by atoms with Gasteiger partial charge in [0.15, 0.2) is 5.69 Å². The lowest BCUT2D eigenvalue weighted by Gasteiger charge is -2.18. The van der Waals surface area contributed by atoms with E-state index in [1.807, 2.05) is 47.4 Å². The van der Waals surface area contributed by atoms with E-state index >= 15 is 0 Å². The molecule has 2 aliphatic rings. The van der Waals surface area contributed by atoms with E-state index in [2.05, 4.69) is 17.7 Å². The molecule has 1 saturated heterocycles. The molecule has 23 heavy (non-hydrogen) atoms. The molecule has 0 atom stereocenters. The molecule has 0 saturated carbocycles. The number of benzene rings is 2. The molecule has 116 valence electrons. The zero-order chi connectivity index (χ0) is 15.8. The second-order valence-electron chi connectivity index (χ2n) is 6.12. The van der Waals surface area contributed by atoms with Gasteiger partial charge in [0.25, 0.3) is 0 Å². The number of rotatable bonds is 3. The fraction of sp³-hybridized carbons (Fsp3) is 0.263. The predicted molar refractivity (Wildman–Crippen MR) is 93.0 cm³/mol. The number of para-hydroxylation sites is 1. The number of urea groups is 1. The van der Waals surface area contributed by atoms with E-state index in [1.165, 1.54) is 12.8 Å². The Labute approximate surface area is 136 Å². The Kier molecular flexibility index (Phi) is 3.37. The van der Waals surface area contributed by atoms with E-state index in [9.17, 15) is 4.79 Å². The van der Waals surface area contributed by atoms with Gasteiger partial charge in [0.1, 0.15) is 6.54 Å². The predicted octanol–water partition coefficient (Wildman–Crippen LogP) is 3.77. The molecule has 2 aromatic carbocycles. The average Bonchev–Trinajstić information content (AvgIpc) is 3.20. The molecule has 2 aliphatic heterocycles. The molecular weight excluding hydrogens is 286 g/mol. The molecule has 0 unspecified atom stereocenters. The van der Waals surface area contributed by atoms with E-state index in [0.29, 0.717) is 6.54 Å². The highest BCUT2D eigenvalue weighted by atomic mass is 16.2. The van der Waals surface area contributed by atoms with Gasteiger partial charge in [0, 0.05) is 13.1 Å². The third-order valence-electron chi connectivity index (χ3n) is 4.65. The number of nitrogens with zero attached hydrogens (tertiary/aromatic N) is 3. The number of hydrogen-bond donors (Lipinski definition) is 0. The molecule has 0 N–H and O–H groups in total. The van der Waals surface area contributed by atoms with E-state index in [4.69, 9.17) is 0 Å². The van der Waals surface area contributed by atoms with Crippen molar-refractivity contribution in [2.75, 3.05) is 22.9 Å². The summed E-state index contributed by atoms with van der Waals surface area (Å²) < 4.78 is 1.55. The van der Waals surface area contributed by atoms with Gasteiger partial charge in [-0.05, 0) is 30.5 Å². The minimum absolute atomic E-state index is 0.0597. The number of anilines is 2. The first kappa shape index (κ1) is 14.0. The summed E-state index contributed by atoms with van der Waals surface area (Å²) in [6.07, 6.45) is 2.42. The van der Waals surface area contributed by atoms with Crippen molar-refractivity contribution < 1.29 is 9.37 Å². The lowest BCUT2D eigenvalue weighted by Crippen LogP contribution is -2.28. The smallest absolute Gasteiger partial charge is 0.368 e. The van der Waals surface area contributed by atoms with Crippen molar-refractivity contribution in [1.82, 2.24) is 0 Å². The summed E-state index contributed by atoms with van der Waals surface area (Å²) in [5.74, 6) is 0. The molecule has 4 heteroatoms. The van der Waals surface area contributed by atoms with Crippen LogP contribution in [0.3, 0.4) is 0 Å². The minimum Gasteiger partial charge on any atom is -0.368 e. The quantitative estimate of drug-likeness (QED) is 0.807. The van der Waals surface area contributed by atoms with Crippen molar-refractivity contribution in [3.8, 4) is 0 Å². The molecule has 1 fully saturated rings. The Balaban J connectivity index is 1.74. The summed E-state index contributed by atoms with van der Waals surface area (Å²) in [4.78, 5) is 16.9. The standard InChI is InChI=1S/C19H20N3O/c1-20-18-16(21-12-5-6-13-21)10-7-11-17(18)22(19(20)23)14-15-8-3-2-4-9-15/h2-4,7-11H,1,5-6,12-14H2/q+1. The van der Waals surface area contributed by atoms with Gasteiger partial charge in [-0.1, -0.05) is 36.4 Å². The van der Waals surface area contributed by atoms with Gasteiger partial charge in [-0.3, -0.25) is 0 Å². The zero-order valence-corrected chi connectivity index (χ0v) is 13.1. The number of carbonyl (C=O) groups is 1. The van der Waals surface area contributed by atoms with Crippen molar-refractivity contribution >= 4 is 29.8 Å². The van der Waals surface area contributed by atoms with Crippen LogP contribution in [0.5, 0.6) is 0 Å². The van der Waals surface area contributed by atoms with Crippen LogP contribution < -0.4 is 9.80 Å². The zero-order valence-electron chi connectivity index (χ0n) is 13.1. The monoisotopic (exact) mass is 306 g/mol. The first-order chi connectivity index (χ1) is 11.3. The number of amides is 2. The normalized spacial score (nSPS) is 17.0. The molecule has 4 nitrogen and oxygen atoms in total. The molecule has 0 spiro atoms. The second kappa shape index (κ2) is 5.54. The average molecular weight is 306 g/mol. The SMILES string of the molecule is C=[N+]1C(=O)N(Cc2ccccc2)c2cccc(N3CCCC3)c21. The minimum atomic E-state index is -0.0597. The van der Waals surface area contributed by atoms with Gasteiger partial charge in [-0.15, -0.1) is 0 Å². The second-order valence-corrected chi connectivity index (χ2v) is 6.12.